The second-order valence-electron chi connectivity index (χ2n) is 11.8. The van der Waals surface area contributed by atoms with E-state index >= 15 is 0 Å². The van der Waals surface area contributed by atoms with Crippen LogP contribution in [0.4, 0.5) is 0 Å². The molecule has 0 heterocycles. The molecule has 0 aliphatic rings. The zero-order valence-electron chi connectivity index (χ0n) is 29.1. The van der Waals surface area contributed by atoms with Crippen molar-refractivity contribution in [3.8, 4) is 0 Å². The predicted octanol–water partition coefficient (Wildman–Crippen LogP) is 10.9. The van der Waals surface area contributed by atoms with E-state index in [1.165, 1.54) is 64.2 Å². The maximum absolute atomic E-state index is 12.5. The number of esters is 3. The Morgan fingerprint density at radius 1 is 0.489 bits per heavy atom. The third kappa shape index (κ3) is 32.6. The van der Waals surface area contributed by atoms with Gasteiger partial charge in [-0.2, -0.15) is 0 Å². The van der Waals surface area contributed by atoms with Crippen molar-refractivity contribution >= 4 is 17.9 Å². The summed E-state index contributed by atoms with van der Waals surface area (Å²) < 4.78 is 16.4. The van der Waals surface area contributed by atoms with E-state index in [-0.39, 0.29) is 38.0 Å². The molecule has 0 saturated heterocycles. The maximum Gasteiger partial charge on any atom is 0.309 e. The highest BCUT2D eigenvalue weighted by atomic mass is 16.6. The molecule has 0 N–H and O–H groups in total. The highest BCUT2D eigenvalue weighted by molar-refractivity contribution is 5.72. The minimum atomic E-state index is -0.814. The van der Waals surface area contributed by atoms with Crippen molar-refractivity contribution in [3.63, 3.8) is 0 Å². The van der Waals surface area contributed by atoms with Crippen molar-refractivity contribution in [2.24, 2.45) is 0 Å². The van der Waals surface area contributed by atoms with Gasteiger partial charge in [-0.15, -0.1) is 0 Å². The number of allylic oxidation sites excluding steroid dienone is 7. The number of carbonyl (C=O) groups is 3. The normalized spacial score (nSPS) is 12.5. The van der Waals surface area contributed by atoms with Gasteiger partial charge in [0.25, 0.3) is 0 Å². The first kappa shape index (κ1) is 42.4. The zero-order valence-corrected chi connectivity index (χ0v) is 29.1. The highest BCUT2D eigenvalue weighted by Gasteiger charge is 2.19. The highest BCUT2D eigenvalue weighted by Crippen LogP contribution is 2.12. The molecule has 0 amide bonds. The van der Waals surface area contributed by atoms with Gasteiger partial charge >= 0.3 is 17.9 Å². The Morgan fingerprint density at radius 2 is 0.978 bits per heavy atom. The molecule has 0 aromatic rings. The fourth-order valence-electron chi connectivity index (χ4n) is 4.62. The first-order valence-corrected chi connectivity index (χ1v) is 18.1. The van der Waals surface area contributed by atoms with Crippen LogP contribution in [0.25, 0.3) is 0 Å². The molecule has 1 atom stereocenters. The second-order valence-corrected chi connectivity index (χ2v) is 11.8. The van der Waals surface area contributed by atoms with Crippen LogP contribution in [0, 0.1) is 0 Å². The number of rotatable bonds is 31. The predicted molar refractivity (Wildman–Crippen MR) is 187 cm³/mol. The summed E-state index contributed by atoms with van der Waals surface area (Å²) in [6.07, 6.45) is 37.1. The number of hydrogen-bond acceptors (Lipinski definition) is 6. The van der Waals surface area contributed by atoms with Gasteiger partial charge in [0.15, 0.2) is 6.10 Å². The Hall–Kier alpha value is -2.63. The summed E-state index contributed by atoms with van der Waals surface area (Å²) in [6.45, 7) is 6.29. The number of unbranched alkanes of at least 4 members (excludes halogenated alkanes) is 13. The Bertz CT molecular complexity index is 825. The molecule has 0 aromatic carbocycles. The number of carbonyl (C=O) groups excluding carboxylic acids is 3. The van der Waals surface area contributed by atoms with Crippen LogP contribution < -0.4 is 0 Å². The Morgan fingerprint density at radius 3 is 1.60 bits per heavy atom. The lowest BCUT2D eigenvalue weighted by Crippen LogP contribution is -2.30. The Labute approximate surface area is 276 Å². The van der Waals surface area contributed by atoms with Crippen LogP contribution in [0.2, 0.25) is 0 Å². The number of hydrogen-bond donors (Lipinski definition) is 0. The van der Waals surface area contributed by atoms with E-state index in [1.54, 1.807) is 6.08 Å². The molecule has 0 saturated carbocycles. The molecule has 0 aromatic heterocycles. The molecular weight excluding hydrogens is 564 g/mol. The lowest BCUT2D eigenvalue weighted by atomic mass is 10.1. The summed E-state index contributed by atoms with van der Waals surface area (Å²) in [7, 11) is 0. The quantitative estimate of drug-likeness (QED) is 0.0328. The van der Waals surface area contributed by atoms with Crippen LogP contribution in [0.5, 0.6) is 0 Å². The van der Waals surface area contributed by atoms with Gasteiger partial charge < -0.3 is 14.2 Å². The minimum absolute atomic E-state index is 0.111. The second kappa shape index (κ2) is 34.2. The van der Waals surface area contributed by atoms with Crippen molar-refractivity contribution in [1.82, 2.24) is 0 Å². The first-order valence-electron chi connectivity index (χ1n) is 18.1. The lowest BCUT2D eigenvalue weighted by Gasteiger charge is -2.18. The third-order valence-corrected chi connectivity index (χ3v) is 7.35. The van der Waals surface area contributed by atoms with E-state index < -0.39 is 12.1 Å². The zero-order chi connectivity index (χ0) is 33.1. The van der Waals surface area contributed by atoms with Crippen molar-refractivity contribution in [1.29, 1.82) is 0 Å². The minimum Gasteiger partial charge on any atom is -0.462 e. The van der Waals surface area contributed by atoms with Crippen LogP contribution in [-0.2, 0) is 28.6 Å². The van der Waals surface area contributed by atoms with E-state index in [0.717, 1.165) is 51.4 Å². The van der Waals surface area contributed by atoms with E-state index in [0.29, 0.717) is 12.8 Å². The maximum atomic E-state index is 12.5. The summed E-state index contributed by atoms with van der Waals surface area (Å²) in [5.41, 5.74) is 0. The molecule has 0 rings (SSSR count). The lowest BCUT2D eigenvalue weighted by molar-refractivity contribution is -0.166. The molecule has 6 nitrogen and oxygen atoms in total. The molecule has 0 radical (unpaired) electrons. The summed E-state index contributed by atoms with van der Waals surface area (Å²) in [5.74, 6) is -1.09. The summed E-state index contributed by atoms with van der Waals surface area (Å²) in [5, 5.41) is 0. The van der Waals surface area contributed by atoms with Crippen molar-refractivity contribution in [2.75, 3.05) is 13.2 Å². The monoisotopic (exact) mass is 630 g/mol. The average molecular weight is 631 g/mol. The van der Waals surface area contributed by atoms with Gasteiger partial charge in [-0.1, -0.05) is 140 Å². The van der Waals surface area contributed by atoms with Crippen LogP contribution >= 0.6 is 0 Å². The van der Waals surface area contributed by atoms with Crippen LogP contribution in [0.1, 0.15) is 162 Å². The van der Waals surface area contributed by atoms with Gasteiger partial charge in [-0.25, -0.2) is 0 Å². The van der Waals surface area contributed by atoms with Gasteiger partial charge in [0.2, 0.25) is 0 Å². The number of ether oxygens (including phenoxy) is 3. The smallest absolute Gasteiger partial charge is 0.309 e. The van der Waals surface area contributed by atoms with Gasteiger partial charge in [0.05, 0.1) is 6.42 Å². The van der Waals surface area contributed by atoms with Crippen LogP contribution in [0.15, 0.2) is 48.6 Å². The Kier molecular flexibility index (Phi) is 32.2. The topological polar surface area (TPSA) is 78.9 Å². The van der Waals surface area contributed by atoms with Gasteiger partial charge in [-0.3, -0.25) is 14.4 Å². The van der Waals surface area contributed by atoms with Crippen molar-refractivity contribution in [3.05, 3.63) is 48.6 Å². The molecule has 0 aliphatic carbocycles. The van der Waals surface area contributed by atoms with E-state index in [2.05, 4.69) is 57.2 Å². The molecular formula is C39H66O6. The molecule has 6 heteroatoms. The molecule has 0 aliphatic heterocycles. The van der Waals surface area contributed by atoms with Crippen molar-refractivity contribution in [2.45, 2.75) is 168 Å². The molecule has 45 heavy (non-hydrogen) atoms. The average Bonchev–Trinajstić information content (AvgIpc) is 3.03. The Balaban J connectivity index is 4.53. The first-order chi connectivity index (χ1) is 22.0. The fourth-order valence-corrected chi connectivity index (χ4v) is 4.62. The third-order valence-electron chi connectivity index (χ3n) is 7.35. The molecule has 0 spiro atoms. The van der Waals surface area contributed by atoms with Gasteiger partial charge in [-0.05, 0) is 51.4 Å². The van der Waals surface area contributed by atoms with Crippen LogP contribution in [-0.4, -0.2) is 37.2 Å². The van der Waals surface area contributed by atoms with E-state index in [1.807, 2.05) is 6.08 Å². The fraction of sp³-hybridized carbons (Fsp3) is 0.718. The van der Waals surface area contributed by atoms with Gasteiger partial charge in [0.1, 0.15) is 13.2 Å². The van der Waals surface area contributed by atoms with E-state index in [9.17, 15) is 14.4 Å². The van der Waals surface area contributed by atoms with E-state index in [4.69, 9.17) is 14.2 Å². The molecule has 0 bridgehead atoms. The SMILES string of the molecule is CC/C=C\C/C=C\C/C=C\CC(=O)OCC(COC(=O)CCCCCCCCCCC)OC(=O)CCC/C=C\CCCCCC. The molecule has 1 unspecified atom stereocenters. The summed E-state index contributed by atoms with van der Waals surface area (Å²) in [4.78, 5) is 37.1. The summed E-state index contributed by atoms with van der Waals surface area (Å²) in [6, 6.07) is 0. The van der Waals surface area contributed by atoms with Gasteiger partial charge in [0, 0.05) is 12.8 Å². The standard InChI is InChI=1S/C39H66O6/c1-4-7-10-13-16-19-22-25-28-31-37(40)43-34-36(45-39(42)33-30-27-24-21-18-15-12-9-6-3)35-44-38(41)32-29-26-23-20-17-14-11-8-5-2/h7,10,16,19,21,24-25,28,36H,4-6,8-9,11-15,17-18,20,22-23,26-27,29-35H2,1-3H3/b10-7-,19-16-,24-21-,28-25-. The largest absolute Gasteiger partial charge is 0.462 e. The molecule has 0 fully saturated rings. The molecule has 258 valence electrons. The van der Waals surface area contributed by atoms with Crippen LogP contribution in [0.3, 0.4) is 0 Å². The van der Waals surface area contributed by atoms with Crippen molar-refractivity contribution < 1.29 is 28.6 Å². The summed E-state index contributed by atoms with van der Waals surface area (Å²) >= 11 is 0.